The van der Waals surface area contributed by atoms with Gasteiger partial charge in [0.05, 0.1) is 18.6 Å². The summed E-state index contributed by atoms with van der Waals surface area (Å²) in [7, 11) is 1.38. The van der Waals surface area contributed by atoms with Crippen molar-refractivity contribution in [3.8, 4) is 5.75 Å². The number of nitro groups is 1. The van der Waals surface area contributed by atoms with E-state index < -0.39 is 4.92 Å². The second-order valence-corrected chi connectivity index (χ2v) is 5.83. The van der Waals surface area contributed by atoms with E-state index in [2.05, 4.69) is 10.2 Å². The van der Waals surface area contributed by atoms with Crippen molar-refractivity contribution in [1.29, 1.82) is 0 Å². The topological polar surface area (TPSA) is 84.7 Å². The molecule has 0 radical (unpaired) electrons. The van der Waals surface area contributed by atoms with Gasteiger partial charge in [-0.25, -0.2) is 0 Å². The van der Waals surface area contributed by atoms with Crippen LogP contribution in [-0.4, -0.2) is 42.5 Å². The van der Waals surface area contributed by atoms with Gasteiger partial charge in [-0.05, 0) is 38.4 Å². The number of hydrogen-bond acceptors (Lipinski definition) is 5. The molecule has 1 aliphatic rings. The number of benzene rings is 1. The summed E-state index contributed by atoms with van der Waals surface area (Å²) in [6.07, 6.45) is 4.68. The van der Waals surface area contributed by atoms with E-state index in [0.29, 0.717) is 17.8 Å². The molecule has 0 unspecified atom stereocenters. The summed E-state index contributed by atoms with van der Waals surface area (Å²) in [5.41, 5.74) is 1.09. The molecule has 0 aromatic heterocycles. The molecule has 1 amide bonds. The van der Waals surface area contributed by atoms with Gasteiger partial charge < -0.3 is 10.1 Å². The van der Waals surface area contributed by atoms with Crippen molar-refractivity contribution in [2.45, 2.75) is 32.6 Å². The maximum atomic E-state index is 12.2. The van der Waals surface area contributed by atoms with E-state index in [9.17, 15) is 14.9 Å². The van der Waals surface area contributed by atoms with Crippen LogP contribution in [0.3, 0.4) is 0 Å². The number of ether oxygens (including phenoxy) is 1. The molecule has 1 saturated heterocycles. The Morgan fingerprint density at radius 3 is 2.52 bits per heavy atom. The van der Waals surface area contributed by atoms with Crippen molar-refractivity contribution in [3.63, 3.8) is 0 Å². The summed E-state index contributed by atoms with van der Waals surface area (Å²) in [5.74, 6) is 0.0385. The number of carbonyl (C=O) groups is 1. The van der Waals surface area contributed by atoms with Crippen LogP contribution in [0.5, 0.6) is 5.75 Å². The molecule has 126 valence electrons. The molecule has 1 N–H and O–H groups in total. The minimum Gasteiger partial charge on any atom is -0.490 e. The van der Waals surface area contributed by atoms with Crippen molar-refractivity contribution >= 4 is 17.3 Å². The zero-order valence-corrected chi connectivity index (χ0v) is 13.6. The van der Waals surface area contributed by atoms with Gasteiger partial charge in [0.1, 0.15) is 0 Å². The highest BCUT2D eigenvalue weighted by Crippen LogP contribution is 2.32. The third-order valence-corrected chi connectivity index (χ3v) is 4.06. The minimum absolute atomic E-state index is 0.101. The number of rotatable bonds is 5. The summed E-state index contributed by atoms with van der Waals surface area (Å²) >= 11 is 0. The third kappa shape index (κ3) is 4.66. The highest BCUT2D eigenvalue weighted by Gasteiger charge is 2.19. The lowest BCUT2D eigenvalue weighted by molar-refractivity contribution is -0.385. The van der Waals surface area contributed by atoms with Gasteiger partial charge in [-0.15, -0.1) is 0 Å². The zero-order chi connectivity index (χ0) is 16.8. The summed E-state index contributed by atoms with van der Waals surface area (Å²) < 4.78 is 5.05. The zero-order valence-electron chi connectivity index (χ0n) is 13.6. The summed E-state index contributed by atoms with van der Waals surface area (Å²) in [6.45, 7) is 3.96. The number of nitrogens with one attached hydrogen (secondary N) is 1. The second-order valence-electron chi connectivity index (χ2n) is 5.83. The van der Waals surface area contributed by atoms with E-state index in [-0.39, 0.29) is 17.3 Å². The molecule has 1 aromatic rings. The second kappa shape index (κ2) is 7.92. The van der Waals surface area contributed by atoms with Gasteiger partial charge in [-0.1, -0.05) is 12.8 Å². The molecule has 0 atom stereocenters. The maximum Gasteiger partial charge on any atom is 0.311 e. The predicted molar refractivity (Wildman–Crippen MR) is 87.9 cm³/mol. The molecule has 0 spiro atoms. The smallest absolute Gasteiger partial charge is 0.311 e. The van der Waals surface area contributed by atoms with Crippen LogP contribution >= 0.6 is 0 Å². The van der Waals surface area contributed by atoms with E-state index in [1.54, 1.807) is 6.92 Å². The normalized spacial score (nSPS) is 15.7. The summed E-state index contributed by atoms with van der Waals surface area (Å²) in [6, 6.07) is 2.92. The molecule has 0 saturated carbocycles. The Hall–Kier alpha value is -2.15. The number of methoxy groups -OCH3 is 1. The molecule has 7 nitrogen and oxygen atoms in total. The lowest BCUT2D eigenvalue weighted by atomic mass is 10.1. The number of carbonyl (C=O) groups excluding carboxylic acids is 1. The van der Waals surface area contributed by atoms with Crippen molar-refractivity contribution in [3.05, 3.63) is 27.8 Å². The van der Waals surface area contributed by atoms with E-state index in [1.165, 1.54) is 32.1 Å². The van der Waals surface area contributed by atoms with Crippen LogP contribution in [0.4, 0.5) is 11.4 Å². The lowest BCUT2D eigenvalue weighted by Crippen LogP contribution is -2.34. The van der Waals surface area contributed by atoms with Crippen molar-refractivity contribution < 1.29 is 14.5 Å². The Bertz CT molecular complexity index is 581. The fourth-order valence-corrected chi connectivity index (χ4v) is 2.80. The Morgan fingerprint density at radius 2 is 1.96 bits per heavy atom. The Balaban J connectivity index is 2.06. The highest BCUT2D eigenvalue weighted by atomic mass is 16.6. The number of nitrogens with zero attached hydrogens (tertiary/aromatic N) is 2. The first-order chi connectivity index (χ1) is 11.0. The number of likely N-dealkylation sites (tertiary alicyclic amines) is 1. The third-order valence-electron chi connectivity index (χ3n) is 4.06. The molecule has 1 heterocycles. The molecular formula is C16H23N3O4. The molecule has 0 bridgehead atoms. The van der Waals surface area contributed by atoms with Crippen molar-refractivity contribution in [2.24, 2.45) is 0 Å². The van der Waals surface area contributed by atoms with Crippen LogP contribution in [0.2, 0.25) is 0 Å². The fourth-order valence-electron chi connectivity index (χ4n) is 2.80. The average molecular weight is 321 g/mol. The van der Waals surface area contributed by atoms with Gasteiger partial charge in [-0.3, -0.25) is 19.8 Å². The number of nitro benzene ring substituents is 1. The summed E-state index contributed by atoms with van der Waals surface area (Å²) in [4.78, 5) is 24.9. The molecule has 0 aliphatic carbocycles. The summed E-state index contributed by atoms with van der Waals surface area (Å²) in [5, 5.41) is 13.8. The molecule has 2 rings (SSSR count). The first-order valence-corrected chi connectivity index (χ1v) is 7.86. The number of amides is 1. The largest absolute Gasteiger partial charge is 0.490 e. The standard InChI is InChI=1S/C16H23N3O4/c1-12-9-14(19(21)22)15(23-2)10-13(12)17-16(20)11-18-7-5-3-4-6-8-18/h9-10H,3-8,11H2,1-2H3,(H,17,20). The van der Waals surface area contributed by atoms with Crippen LogP contribution in [0.1, 0.15) is 31.2 Å². The van der Waals surface area contributed by atoms with Crippen LogP contribution in [0, 0.1) is 17.0 Å². The number of anilines is 1. The Kier molecular flexibility index (Phi) is 5.92. The van der Waals surface area contributed by atoms with Crippen LogP contribution in [0.25, 0.3) is 0 Å². The predicted octanol–water partition coefficient (Wildman–Crippen LogP) is 2.73. The van der Waals surface area contributed by atoms with Crippen molar-refractivity contribution in [1.82, 2.24) is 4.90 Å². The van der Waals surface area contributed by atoms with Gasteiger partial charge in [0.25, 0.3) is 0 Å². The molecule has 1 fully saturated rings. The van der Waals surface area contributed by atoms with Crippen LogP contribution in [0.15, 0.2) is 12.1 Å². The van der Waals surface area contributed by atoms with E-state index in [4.69, 9.17) is 4.74 Å². The Labute approximate surface area is 135 Å². The lowest BCUT2D eigenvalue weighted by Gasteiger charge is -2.19. The quantitative estimate of drug-likeness (QED) is 0.666. The average Bonchev–Trinajstić information content (AvgIpc) is 2.77. The maximum absolute atomic E-state index is 12.2. The van der Waals surface area contributed by atoms with Gasteiger partial charge in [-0.2, -0.15) is 0 Å². The van der Waals surface area contributed by atoms with Gasteiger partial charge in [0, 0.05) is 17.8 Å². The SMILES string of the molecule is COc1cc(NC(=O)CN2CCCCCC2)c(C)cc1[N+](=O)[O-]. The fraction of sp³-hybridized carbons (Fsp3) is 0.562. The van der Waals surface area contributed by atoms with Gasteiger partial charge >= 0.3 is 5.69 Å². The molecular weight excluding hydrogens is 298 g/mol. The minimum atomic E-state index is -0.491. The van der Waals surface area contributed by atoms with Crippen LogP contribution < -0.4 is 10.1 Å². The van der Waals surface area contributed by atoms with Crippen molar-refractivity contribution in [2.75, 3.05) is 32.1 Å². The number of aryl methyl sites for hydroxylation is 1. The highest BCUT2D eigenvalue weighted by molar-refractivity contribution is 5.93. The van der Waals surface area contributed by atoms with E-state index >= 15 is 0 Å². The molecule has 1 aromatic carbocycles. The van der Waals surface area contributed by atoms with E-state index in [0.717, 1.165) is 25.9 Å². The monoisotopic (exact) mass is 321 g/mol. The van der Waals surface area contributed by atoms with Gasteiger partial charge in [0.2, 0.25) is 5.91 Å². The molecule has 1 aliphatic heterocycles. The first-order valence-electron chi connectivity index (χ1n) is 7.86. The van der Waals surface area contributed by atoms with E-state index in [1.807, 2.05) is 0 Å². The van der Waals surface area contributed by atoms with Gasteiger partial charge in [0.15, 0.2) is 5.75 Å². The Morgan fingerprint density at radius 1 is 1.30 bits per heavy atom. The van der Waals surface area contributed by atoms with Crippen LogP contribution in [-0.2, 0) is 4.79 Å². The first kappa shape index (κ1) is 17.2. The molecule has 23 heavy (non-hydrogen) atoms. The number of hydrogen-bond donors (Lipinski definition) is 1. The molecule has 7 heteroatoms.